The Bertz CT molecular complexity index is 647. The van der Waals surface area contributed by atoms with Gasteiger partial charge in [0.15, 0.2) is 6.23 Å². The number of morpholine rings is 1. The lowest BCUT2D eigenvalue weighted by Crippen LogP contribution is -2.41. The first-order valence-corrected chi connectivity index (χ1v) is 8.31. The van der Waals surface area contributed by atoms with Gasteiger partial charge in [-0.3, -0.25) is 4.90 Å². The monoisotopic (exact) mass is 378 g/mol. The minimum atomic E-state index is -0.285. The van der Waals surface area contributed by atoms with Crippen LogP contribution in [0.1, 0.15) is 11.9 Å². The maximum atomic E-state index is 6.28. The Morgan fingerprint density at radius 2 is 1.91 bits per heavy atom. The second-order valence-electron chi connectivity index (χ2n) is 5.15. The number of pyridine rings is 1. The SMILES string of the molecule is COc1cccc([C@H](Oc2ccccc2Br)N2CCOCC2)n1. The van der Waals surface area contributed by atoms with Crippen LogP contribution in [0.5, 0.6) is 11.6 Å². The molecule has 1 aliphatic heterocycles. The van der Waals surface area contributed by atoms with Gasteiger partial charge in [0.2, 0.25) is 5.88 Å². The fourth-order valence-electron chi connectivity index (χ4n) is 2.48. The first-order chi connectivity index (χ1) is 11.3. The fraction of sp³-hybridized carbons (Fsp3) is 0.353. The number of hydrogen-bond donors (Lipinski definition) is 0. The largest absolute Gasteiger partial charge is 0.481 e. The summed E-state index contributed by atoms with van der Waals surface area (Å²) in [5.74, 6) is 1.37. The summed E-state index contributed by atoms with van der Waals surface area (Å²) in [4.78, 5) is 6.77. The molecule has 1 aliphatic rings. The lowest BCUT2D eigenvalue weighted by molar-refractivity contribution is -0.0497. The van der Waals surface area contributed by atoms with E-state index in [-0.39, 0.29) is 6.23 Å². The average molecular weight is 379 g/mol. The molecule has 6 heteroatoms. The maximum absolute atomic E-state index is 6.28. The molecule has 1 atom stereocenters. The second-order valence-corrected chi connectivity index (χ2v) is 6.01. The average Bonchev–Trinajstić information content (AvgIpc) is 2.62. The predicted molar refractivity (Wildman–Crippen MR) is 90.7 cm³/mol. The summed E-state index contributed by atoms with van der Waals surface area (Å²) in [6, 6.07) is 13.5. The van der Waals surface area contributed by atoms with Crippen LogP contribution in [-0.2, 0) is 4.74 Å². The summed E-state index contributed by atoms with van der Waals surface area (Å²) in [7, 11) is 1.62. The van der Waals surface area contributed by atoms with E-state index in [1.165, 1.54) is 0 Å². The molecule has 23 heavy (non-hydrogen) atoms. The summed E-state index contributed by atoms with van der Waals surface area (Å²) in [6.07, 6.45) is -0.285. The molecule has 5 nitrogen and oxygen atoms in total. The zero-order chi connectivity index (χ0) is 16.1. The second kappa shape index (κ2) is 7.77. The summed E-state index contributed by atoms with van der Waals surface area (Å²) in [6.45, 7) is 2.99. The standard InChI is InChI=1S/C17H19BrN2O3/c1-21-16-8-4-6-14(19-16)17(20-9-11-22-12-10-20)23-15-7-3-2-5-13(15)18/h2-8,17H,9-12H2,1H3/t17-/m0/s1. The van der Waals surface area contributed by atoms with Crippen LogP contribution in [0.25, 0.3) is 0 Å². The van der Waals surface area contributed by atoms with Gasteiger partial charge >= 0.3 is 0 Å². The molecular formula is C17H19BrN2O3. The molecule has 2 heterocycles. The van der Waals surface area contributed by atoms with Crippen LogP contribution in [0.15, 0.2) is 46.9 Å². The lowest BCUT2D eigenvalue weighted by Gasteiger charge is -2.34. The van der Waals surface area contributed by atoms with Gasteiger partial charge in [0, 0.05) is 19.2 Å². The van der Waals surface area contributed by atoms with E-state index >= 15 is 0 Å². The summed E-state index contributed by atoms with van der Waals surface area (Å²) in [5, 5.41) is 0. The van der Waals surface area contributed by atoms with Gasteiger partial charge in [-0.15, -0.1) is 0 Å². The van der Waals surface area contributed by atoms with Crippen molar-refractivity contribution in [3.8, 4) is 11.6 Å². The van der Waals surface area contributed by atoms with E-state index in [2.05, 4.69) is 25.8 Å². The van der Waals surface area contributed by atoms with Gasteiger partial charge in [-0.25, -0.2) is 4.98 Å². The van der Waals surface area contributed by atoms with Crippen LogP contribution in [0, 0.1) is 0 Å². The lowest BCUT2D eigenvalue weighted by atomic mass is 10.2. The van der Waals surface area contributed by atoms with Crippen molar-refractivity contribution < 1.29 is 14.2 Å². The molecule has 0 saturated carbocycles. The molecule has 0 spiro atoms. The molecule has 0 amide bonds. The first-order valence-electron chi connectivity index (χ1n) is 7.52. The Hall–Kier alpha value is -1.63. The third-order valence-corrected chi connectivity index (χ3v) is 4.31. The molecule has 0 N–H and O–H groups in total. The van der Waals surface area contributed by atoms with Crippen molar-refractivity contribution in [2.24, 2.45) is 0 Å². The Morgan fingerprint density at radius 3 is 2.65 bits per heavy atom. The number of ether oxygens (including phenoxy) is 3. The topological polar surface area (TPSA) is 43.8 Å². The minimum Gasteiger partial charge on any atom is -0.481 e. The minimum absolute atomic E-state index is 0.285. The predicted octanol–water partition coefficient (Wildman–Crippen LogP) is 3.26. The van der Waals surface area contributed by atoms with E-state index in [0.29, 0.717) is 19.1 Å². The van der Waals surface area contributed by atoms with E-state index in [1.807, 2.05) is 42.5 Å². The Labute approximate surface area is 144 Å². The molecule has 0 bridgehead atoms. The van der Waals surface area contributed by atoms with Crippen LogP contribution in [0.2, 0.25) is 0 Å². The quantitative estimate of drug-likeness (QED) is 0.798. The van der Waals surface area contributed by atoms with Crippen LogP contribution in [0.4, 0.5) is 0 Å². The number of aromatic nitrogens is 1. The summed E-state index contributed by atoms with van der Waals surface area (Å²) < 4.78 is 17.9. The van der Waals surface area contributed by atoms with Crippen molar-refractivity contribution in [1.29, 1.82) is 0 Å². The van der Waals surface area contributed by atoms with Crippen LogP contribution in [0.3, 0.4) is 0 Å². The Morgan fingerprint density at radius 1 is 1.13 bits per heavy atom. The van der Waals surface area contributed by atoms with Crippen LogP contribution >= 0.6 is 15.9 Å². The molecule has 1 aromatic carbocycles. The highest BCUT2D eigenvalue weighted by Gasteiger charge is 2.26. The zero-order valence-corrected chi connectivity index (χ0v) is 14.5. The zero-order valence-electron chi connectivity index (χ0n) is 12.9. The van der Waals surface area contributed by atoms with Gasteiger partial charge in [0.25, 0.3) is 0 Å². The van der Waals surface area contributed by atoms with Gasteiger partial charge in [-0.1, -0.05) is 18.2 Å². The van der Waals surface area contributed by atoms with Gasteiger partial charge in [-0.2, -0.15) is 0 Å². The molecule has 122 valence electrons. The molecule has 3 rings (SSSR count). The molecular weight excluding hydrogens is 360 g/mol. The van der Waals surface area contributed by atoms with Crippen molar-refractivity contribution in [2.75, 3.05) is 33.4 Å². The highest BCUT2D eigenvalue weighted by atomic mass is 79.9. The molecule has 0 radical (unpaired) electrons. The van der Waals surface area contributed by atoms with E-state index in [1.54, 1.807) is 7.11 Å². The van der Waals surface area contributed by atoms with Crippen LogP contribution in [-0.4, -0.2) is 43.3 Å². The Kier molecular flexibility index (Phi) is 5.48. The molecule has 1 fully saturated rings. The van der Waals surface area contributed by atoms with E-state index in [9.17, 15) is 0 Å². The van der Waals surface area contributed by atoms with Gasteiger partial charge < -0.3 is 14.2 Å². The number of para-hydroxylation sites is 1. The number of benzene rings is 1. The van der Waals surface area contributed by atoms with Crippen molar-refractivity contribution in [2.45, 2.75) is 6.23 Å². The van der Waals surface area contributed by atoms with E-state index < -0.39 is 0 Å². The number of rotatable bonds is 5. The fourth-order valence-corrected chi connectivity index (χ4v) is 2.85. The third kappa shape index (κ3) is 4.02. The van der Waals surface area contributed by atoms with E-state index in [4.69, 9.17) is 14.2 Å². The first kappa shape index (κ1) is 16.2. The third-order valence-electron chi connectivity index (χ3n) is 3.66. The van der Waals surface area contributed by atoms with Crippen molar-refractivity contribution in [3.63, 3.8) is 0 Å². The number of nitrogens with zero attached hydrogens (tertiary/aromatic N) is 2. The van der Waals surface area contributed by atoms with E-state index in [0.717, 1.165) is 29.0 Å². The molecule has 0 unspecified atom stereocenters. The molecule has 1 aromatic heterocycles. The van der Waals surface area contributed by atoms with Gasteiger partial charge in [0.1, 0.15) is 11.4 Å². The van der Waals surface area contributed by atoms with Crippen molar-refractivity contribution >= 4 is 15.9 Å². The highest BCUT2D eigenvalue weighted by molar-refractivity contribution is 9.10. The number of halogens is 1. The van der Waals surface area contributed by atoms with Crippen molar-refractivity contribution in [1.82, 2.24) is 9.88 Å². The van der Waals surface area contributed by atoms with Crippen LogP contribution < -0.4 is 9.47 Å². The molecule has 1 saturated heterocycles. The normalized spacial score (nSPS) is 16.8. The summed E-state index contributed by atoms with van der Waals surface area (Å²) >= 11 is 3.54. The van der Waals surface area contributed by atoms with Gasteiger partial charge in [-0.05, 0) is 34.1 Å². The van der Waals surface area contributed by atoms with Gasteiger partial charge in [0.05, 0.1) is 24.8 Å². The number of methoxy groups -OCH3 is 1. The highest BCUT2D eigenvalue weighted by Crippen LogP contribution is 2.31. The number of hydrogen-bond acceptors (Lipinski definition) is 5. The smallest absolute Gasteiger partial charge is 0.213 e. The van der Waals surface area contributed by atoms with Crippen molar-refractivity contribution in [3.05, 3.63) is 52.6 Å². The maximum Gasteiger partial charge on any atom is 0.213 e. The molecule has 0 aliphatic carbocycles. The Balaban J connectivity index is 1.91. The molecule has 2 aromatic rings. The summed E-state index contributed by atoms with van der Waals surface area (Å²) in [5.41, 5.74) is 0.821.